The maximum absolute atomic E-state index is 8.82. The molecule has 1 rings (SSSR count). The van der Waals surface area contributed by atoms with Gasteiger partial charge in [-0.05, 0) is 30.5 Å². The molecule has 92 valence electrons. The van der Waals surface area contributed by atoms with Gasteiger partial charge in [0, 0.05) is 32.4 Å². The highest BCUT2D eigenvalue weighted by atomic mass is 35.5. The lowest BCUT2D eigenvalue weighted by Gasteiger charge is -2.18. The van der Waals surface area contributed by atoms with Gasteiger partial charge in [-0.3, -0.25) is 0 Å². The Morgan fingerprint density at radius 2 is 2.00 bits per heavy atom. The molecule has 0 aliphatic heterocycles. The first kappa shape index (κ1) is 15.2. The molecule has 0 amide bonds. The Kier molecular flexibility index (Phi) is 6.41. The van der Waals surface area contributed by atoms with Crippen LogP contribution in [0.5, 0.6) is 0 Å². The SMILES string of the molecule is Cc1cc(C(N)CCO)ccc1N(C)C.Cl. The van der Waals surface area contributed by atoms with Crippen molar-refractivity contribution in [2.45, 2.75) is 19.4 Å². The molecule has 1 unspecified atom stereocenters. The normalized spacial score (nSPS) is 11.8. The number of halogens is 1. The number of aliphatic hydroxyl groups excluding tert-OH is 1. The third kappa shape index (κ3) is 3.67. The van der Waals surface area contributed by atoms with Crippen molar-refractivity contribution in [2.24, 2.45) is 5.73 Å². The summed E-state index contributed by atoms with van der Waals surface area (Å²) in [6, 6.07) is 6.13. The van der Waals surface area contributed by atoms with Gasteiger partial charge in [0.05, 0.1) is 0 Å². The van der Waals surface area contributed by atoms with Crippen molar-refractivity contribution in [1.82, 2.24) is 0 Å². The first-order valence-electron chi connectivity index (χ1n) is 5.20. The van der Waals surface area contributed by atoms with E-state index in [4.69, 9.17) is 10.8 Å². The Bertz CT molecular complexity index is 329. The zero-order valence-electron chi connectivity index (χ0n) is 10.1. The van der Waals surface area contributed by atoms with E-state index in [2.05, 4.69) is 24.0 Å². The molecule has 1 aromatic rings. The number of aryl methyl sites for hydroxylation is 1. The van der Waals surface area contributed by atoms with Gasteiger partial charge < -0.3 is 15.7 Å². The van der Waals surface area contributed by atoms with Crippen LogP contribution in [-0.2, 0) is 0 Å². The van der Waals surface area contributed by atoms with Crippen molar-refractivity contribution in [3.8, 4) is 0 Å². The molecule has 0 radical (unpaired) electrons. The molecule has 1 aromatic carbocycles. The summed E-state index contributed by atoms with van der Waals surface area (Å²) in [6.07, 6.45) is 0.612. The molecule has 0 fully saturated rings. The smallest absolute Gasteiger partial charge is 0.0449 e. The maximum Gasteiger partial charge on any atom is 0.0449 e. The summed E-state index contributed by atoms with van der Waals surface area (Å²) in [6.45, 7) is 2.21. The highest BCUT2D eigenvalue weighted by Gasteiger charge is 2.07. The van der Waals surface area contributed by atoms with Crippen LogP contribution in [0.4, 0.5) is 5.69 Å². The van der Waals surface area contributed by atoms with Crippen molar-refractivity contribution in [3.05, 3.63) is 29.3 Å². The zero-order valence-corrected chi connectivity index (χ0v) is 10.9. The average molecular weight is 245 g/mol. The van der Waals surface area contributed by atoms with Crippen LogP contribution in [0.1, 0.15) is 23.6 Å². The van der Waals surface area contributed by atoms with E-state index in [1.807, 2.05) is 20.2 Å². The molecule has 0 aliphatic rings. The minimum absolute atomic E-state index is 0. The Labute approximate surface area is 104 Å². The molecule has 16 heavy (non-hydrogen) atoms. The molecular weight excluding hydrogens is 224 g/mol. The number of nitrogens with zero attached hydrogens (tertiary/aromatic N) is 1. The molecule has 4 heteroatoms. The topological polar surface area (TPSA) is 49.5 Å². The summed E-state index contributed by atoms with van der Waals surface area (Å²) < 4.78 is 0. The number of benzene rings is 1. The standard InChI is InChI=1S/C12H20N2O.ClH/c1-9-8-10(11(13)6-7-15)4-5-12(9)14(2)3;/h4-5,8,11,15H,6-7,13H2,1-3H3;1H. The summed E-state index contributed by atoms with van der Waals surface area (Å²) in [4.78, 5) is 2.08. The van der Waals surface area contributed by atoms with Crippen molar-refractivity contribution in [2.75, 3.05) is 25.6 Å². The van der Waals surface area contributed by atoms with Gasteiger partial charge in [-0.15, -0.1) is 12.4 Å². The third-order valence-electron chi connectivity index (χ3n) is 2.57. The van der Waals surface area contributed by atoms with Gasteiger partial charge >= 0.3 is 0 Å². The summed E-state index contributed by atoms with van der Waals surface area (Å²) >= 11 is 0. The van der Waals surface area contributed by atoms with Gasteiger partial charge in [0.25, 0.3) is 0 Å². The predicted octanol–water partition coefficient (Wildman–Crippen LogP) is 1.87. The van der Waals surface area contributed by atoms with Crippen LogP contribution in [0.3, 0.4) is 0 Å². The number of rotatable bonds is 4. The van der Waals surface area contributed by atoms with E-state index >= 15 is 0 Å². The van der Waals surface area contributed by atoms with Gasteiger partial charge in [-0.25, -0.2) is 0 Å². The second kappa shape index (κ2) is 6.74. The fourth-order valence-corrected chi connectivity index (χ4v) is 1.72. The molecule has 0 saturated heterocycles. The van der Waals surface area contributed by atoms with Crippen LogP contribution >= 0.6 is 12.4 Å². The summed E-state index contributed by atoms with van der Waals surface area (Å²) in [5, 5.41) is 8.82. The molecule has 3 N–H and O–H groups in total. The molecule has 0 aliphatic carbocycles. The molecule has 0 aromatic heterocycles. The molecule has 0 spiro atoms. The largest absolute Gasteiger partial charge is 0.396 e. The summed E-state index contributed by atoms with van der Waals surface area (Å²) in [7, 11) is 4.05. The Morgan fingerprint density at radius 3 is 2.44 bits per heavy atom. The lowest BCUT2D eigenvalue weighted by atomic mass is 10.0. The maximum atomic E-state index is 8.82. The fourth-order valence-electron chi connectivity index (χ4n) is 1.72. The van der Waals surface area contributed by atoms with E-state index < -0.39 is 0 Å². The van der Waals surface area contributed by atoms with Crippen LogP contribution in [0.25, 0.3) is 0 Å². The van der Waals surface area contributed by atoms with E-state index in [-0.39, 0.29) is 25.1 Å². The highest BCUT2D eigenvalue weighted by molar-refractivity contribution is 5.85. The van der Waals surface area contributed by atoms with Crippen LogP contribution in [-0.4, -0.2) is 25.8 Å². The predicted molar refractivity (Wildman–Crippen MR) is 71.4 cm³/mol. The quantitative estimate of drug-likeness (QED) is 0.850. The lowest BCUT2D eigenvalue weighted by molar-refractivity contribution is 0.276. The summed E-state index contributed by atoms with van der Waals surface area (Å²) in [5.74, 6) is 0. The van der Waals surface area contributed by atoms with E-state index in [9.17, 15) is 0 Å². The Balaban J connectivity index is 0.00000225. The monoisotopic (exact) mass is 244 g/mol. The third-order valence-corrected chi connectivity index (χ3v) is 2.57. The number of hydrogen-bond acceptors (Lipinski definition) is 3. The summed E-state index contributed by atoms with van der Waals surface area (Å²) in [5.41, 5.74) is 9.43. The van der Waals surface area contributed by atoms with Crippen molar-refractivity contribution in [3.63, 3.8) is 0 Å². The van der Waals surface area contributed by atoms with E-state index in [0.717, 1.165) is 5.56 Å². The Hall–Kier alpha value is -0.770. The first-order chi connectivity index (χ1) is 7.06. The van der Waals surface area contributed by atoms with Gasteiger partial charge in [0.1, 0.15) is 0 Å². The van der Waals surface area contributed by atoms with Crippen LogP contribution in [0.15, 0.2) is 18.2 Å². The molecule has 0 bridgehead atoms. The van der Waals surface area contributed by atoms with Crippen molar-refractivity contribution in [1.29, 1.82) is 0 Å². The Morgan fingerprint density at radius 1 is 1.38 bits per heavy atom. The fraction of sp³-hybridized carbons (Fsp3) is 0.500. The van der Waals surface area contributed by atoms with Crippen LogP contribution in [0.2, 0.25) is 0 Å². The zero-order chi connectivity index (χ0) is 11.4. The molecule has 0 heterocycles. The average Bonchev–Trinajstić information content (AvgIpc) is 2.17. The lowest BCUT2D eigenvalue weighted by Crippen LogP contribution is -2.14. The van der Waals surface area contributed by atoms with Crippen molar-refractivity contribution < 1.29 is 5.11 Å². The minimum Gasteiger partial charge on any atom is -0.396 e. The number of aliphatic hydroxyl groups is 1. The van der Waals surface area contributed by atoms with Gasteiger partial charge in [-0.1, -0.05) is 12.1 Å². The number of anilines is 1. The van der Waals surface area contributed by atoms with Crippen LogP contribution < -0.4 is 10.6 Å². The molecular formula is C12H21ClN2O. The number of hydrogen-bond donors (Lipinski definition) is 2. The van der Waals surface area contributed by atoms with Gasteiger partial charge in [0.15, 0.2) is 0 Å². The van der Waals surface area contributed by atoms with Gasteiger partial charge in [-0.2, -0.15) is 0 Å². The second-order valence-corrected chi connectivity index (χ2v) is 4.06. The molecule has 1 atom stereocenters. The highest BCUT2D eigenvalue weighted by Crippen LogP contribution is 2.22. The molecule has 0 saturated carbocycles. The minimum atomic E-state index is -0.0649. The first-order valence-corrected chi connectivity index (χ1v) is 5.20. The van der Waals surface area contributed by atoms with Gasteiger partial charge in [0.2, 0.25) is 0 Å². The van der Waals surface area contributed by atoms with E-state index in [1.165, 1.54) is 11.3 Å². The van der Waals surface area contributed by atoms with E-state index in [0.29, 0.717) is 6.42 Å². The number of nitrogens with two attached hydrogens (primary N) is 1. The van der Waals surface area contributed by atoms with Crippen molar-refractivity contribution >= 4 is 18.1 Å². The molecule has 3 nitrogen and oxygen atoms in total. The second-order valence-electron chi connectivity index (χ2n) is 4.06. The van der Waals surface area contributed by atoms with Crippen LogP contribution in [0, 0.1) is 6.92 Å². The van der Waals surface area contributed by atoms with E-state index in [1.54, 1.807) is 0 Å².